The first kappa shape index (κ1) is 21.7. The quantitative estimate of drug-likeness (QED) is 0.523. The third-order valence-electron chi connectivity index (χ3n) is 4.35. The van der Waals surface area contributed by atoms with Gasteiger partial charge in [-0.25, -0.2) is 14.8 Å². The lowest BCUT2D eigenvalue weighted by Gasteiger charge is -2.14. The second kappa shape index (κ2) is 9.66. The highest BCUT2D eigenvalue weighted by Gasteiger charge is 2.09. The highest BCUT2D eigenvalue weighted by atomic mass is 16.5. The van der Waals surface area contributed by atoms with E-state index in [0.29, 0.717) is 34.5 Å². The van der Waals surface area contributed by atoms with Gasteiger partial charge < -0.3 is 30.3 Å². The molecule has 1 heterocycles. The number of aryl methyl sites for hydroxylation is 1. The summed E-state index contributed by atoms with van der Waals surface area (Å²) in [4.78, 5) is 23.1. The van der Waals surface area contributed by atoms with Gasteiger partial charge in [-0.3, -0.25) is 0 Å². The Kier molecular flexibility index (Phi) is 6.76. The van der Waals surface area contributed by atoms with Crippen molar-refractivity contribution in [3.05, 3.63) is 54.4 Å². The summed E-state index contributed by atoms with van der Waals surface area (Å²) in [5, 5.41) is 8.82. The van der Waals surface area contributed by atoms with Crippen molar-refractivity contribution in [2.45, 2.75) is 6.92 Å². The molecule has 0 saturated heterocycles. The Bertz CT molecular complexity index is 1050. The molecule has 3 aromatic rings. The molecule has 3 rings (SSSR count). The molecule has 2 aromatic carbocycles. The molecule has 31 heavy (non-hydrogen) atoms. The molecule has 3 N–H and O–H groups in total. The van der Waals surface area contributed by atoms with Crippen LogP contribution in [-0.2, 0) is 0 Å². The van der Waals surface area contributed by atoms with Gasteiger partial charge in [-0.1, -0.05) is 0 Å². The first-order valence-corrected chi connectivity index (χ1v) is 9.58. The van der Waals surface area contributed by atoms with E-state index in [9.17, 15) is 4.79 Å². The summed E-state index contributed by atoms with van der Waals surface area (Å²) >= 11 is 0. The summed E-state index contributed by atoms with van der Waals surface area (Å²) < 4.78 is 10.5. The predicted molar refractivity (Wildman–Crippen MR) is 123 cm³/mol. The Balaban J connectivity index is 1.64. The summed E-state index contributed by atoms with van der Waals surface area (Å²) in [6, 6.07) is 14.0. The molecule has 0 saturated carbocycles. The number of benzene rings is 2. The van der Waals surface area contributed by atoms with Gasteiger partial charge in [0.25, 0.3) is 0 Å². The van der Waals surface area contributed by atoms with Crippen LogP contribution in [0, 0.1) is 6.92 Å². The molecule has 0 unspecified atom stereocenters. The van der Waals surface area contributed by atoms with Crippen LogP contribution in [0.4, 0.5) is 33.5 Å². The number of nitrogens with zero attached hydrogens (tertiary/aromatic N) is 3. The SMILES string of the molecule is COc1ccc(NC(=O)Nc2ccc(Nc3cc(N(C)C)nc(C)n3)cc2)c(OC)c1. The van der Waals surface area contributed by atoms with E-state index in [2.05, 4.69) is 25.9 Å². The molecule has 9 nitrogen and oxygen atoms in total. The second-order valence-corrected chi connectivity index (χ2v) is 6.90. The topological polar surface area (TPSA) is 101 Å². The Labute approximate surface area is 181 Å². The van der Waals surface area contributed by atoms with Crippen molar-refractivity contribution in [1.82, 2.24) is 9.97 Å². The summed E-state index contributed by atoms with van der Waals surface area (Å²) in [5.74, 6) is 3.34. The molecule has 0 fully saturated rings. The third-order valence-corrected chi connectivity index (χ3v) is 4.35. The lowest BCUT2D eigenvalue weighted by molar-refractivity contribution is 0.262. The van der Waals surface area contributed by atoms with Crippen LogP contribution < -0.4 is 30.3 Å². The fraction of sp³-hybridized carbons (Fsp3) is 0.227. The standard InChI is InChI=1S/C22H26N6O3/c1-14-23-20(13-21(24-14)28(2)3)25-15-6-8-16(9-7-15)26-22(29)27-18-11-10-17(30-4)12-19(18)31-5/h6-13H,1-5H3,(H,23,24,25)(H2,26,27,29). The van der Waals surface area contributed by atoms with E-state index >= 15 is 0 Å². The Morgan fingerprint density at radius 1 is 0.903 bits per heavy atom. The summed E-state index contributed by atoms with van der Waals surface area (Å²) in [5.41, 5.74) is 2.02. The minimum atomic E-state index is -0.383. The van der Waals surface area contributed by atoms with Crippen molar-refractivity contribution < 1.29 is 14.3 Å². The maximum absolute atomic E-state index is 12.4. The van der Waals surface area contributed by atoms with E-state index < -0.39 is 0 Å². The second-order valence-electron chi connectivity index (χ2n) is 6.90. The van der Waals surface area contributed by atoms with Crippen LogP contribution in [0.25, 0.3) is 0 Å². The highest BCUT2D eigenvalue weighted by molar-refractivity contribution is 6.00. The highest BCUT2D eigenvalue weighted by Crippen LogP contribution is 2.29. The average molecular weight is 422 g/mol. The van der Waals surface area contributed by atoms with E-state index in [4.69, 9.17) is 9.47 Å². The minimum absolute atomic E-state index is 0.383. The van der Waals surface area contributed by atoms with Crippen LogP contribution in [0.15, 0.2) is 48.5 Å². The lowest BCUT2D eigenvalue weighted by atomic mass is 10.2. The molecule has 162 valence electrons. The normalized spacial score (nSPS) is 10.2. The van der Waals surface area contributed by atoms with Crippen molar-refractivity contribution in [1.29, 1.82) is 0 Å². The van der Waals surface area contributed by atoms with Gasteiger partial charge in [0.1, 0.15) is 29.0 Å². The van der Waals surface area contributed by atoms with Gasteiger partial charge in [-0.2, -0.15) is 0 Å². The van der Waals surface area contributed by atoms with Gasteiger partial charge >= 0.3 is 6.03 Å². The maximum Gasteiger partial charge on any atom is 0.323 e. The van der Waals surface area contributed by atoms with Crippen molar-refractivity contribution in [3.63, 3.8) is 0 Å². The van der Waals surface area contributed by atoms with Gasteiger partial charge in [0.05, 0.1) is 19.9 Å². The zero-order valence-corrected chi connectivity index (χ0v) is 18.2. The smallest absolute Gasteiger partial charge is 0.323 e. The number of carbonyl (C=O) groups is 1. The van der Waals surface area contributed by atoms with E-state index in [0.717, 1.165) is 11.5 Å². The predicted octanol–water partition coefficient (Wildman–Crippen LogP) is 4.26. The van der Waals surface area contributed by atoms with Crippen LogP contribution in [0.5, 0.6) is 11.5 Å². The number of hydrogen-bond acceptors (Lipinski definition) is 7. The molecule has 0 aliphatic rings. The molecule has 0 radical (unpaired) electrons. The number of rotatable bonds is 7. The number of nitrogens with one attached hydrogen (secondary N) is 3. The summed E-state index contributed by atoms with van der Waals surface area (Å²) in [6.45, 7) is 1.85. The molecular weight excluding hydrogens is 396 g/mol. The zero-order valence-electron chi connectivity index (χ0n) is 18.2. The van der Waals surface area contributed by atoms with Gasteiger partial charge in [0, 0.05) is 37.6 Å². The van der Waals surface area contributed by atoms with E-state index in [1.807, 2.05) is 44.1 Å². The van der Waals surface area contributed by atoms with E-state index in [1.54, 1.807) is 37.4 Å². The monoisotopic (exact) mass is 422 g/mol. The molecule has 0 aliphatic carbocycles. The molecule has 2 amide bonds. The van der Waals surface area contributed by atoms with Crippen molar-refractivity contribution in [2.24, 2.45) is 0 Å². The molecule has 0 bridgehead atoms. The number of aromatic nitrogens is 2. The maximum atomic E-state index is 12.4. The van der Waals surface area contributed by atoms with Crippen LogP contribution in [0.1, 0.15) is 5.82 Å². The van der Waals surface area contributed by atoms with Gasteiger partial charge in [0.2, 0.25) is 0 Å². The Morgan fingerprint density at radius 2 is 1.61 bits per heavy atom. The molecule has 0 aliphatic heterocycles. The zero-order chi connectivity index (χ0) is 22.4. The van der Waals surface area contributed by atoms with Crippen LogP contribution in [-0.4, -0.2) is 44.3 Å². The van der Waals surface area contributed by atoms with Crippen molar-refractivity contribution in [3.8, 4) is 11.5 Å². The molecule has 9 heteroatoms. The number of hydrogen-bond donors (Lipinski definition) is 3. The fourth-order valence-electron chi connectivity index (χ4n) is 2.82. The van der Waals surface area contributed by atoms with E-state index in [-0.39, 0.29) is 6.03 Å². The minimum Gasteiger partial charge on any atom is -0.497 e. The first-order chi connectivity index (χ1) is 14.9. The number of anilines is 5. The summed E-state index contributed by atoms with van der Waals surface area (Å²) in [6.07, 6.45) is 0. The lowest BCUT2D eigenvalue weighted by Crippen LogP contribution is -2.19. The molecule has 1 aromatic heterocycles. The van der Waals surface area contributed by atoms with Crippen LogP contribution in [0.3, 0.4) is 0 Å². The largest absolute Gasteiger partial charge is 0.497 e. The number of methoxy groups -OCH3 is 2. The average Bonchev–Trinajstić information content (AvgIpc) is 2.75. The Hall–Kier alpha value is -4.01. The van der Waals surface area contributed by atoms with Gasteiger partial charge in [0.15, 0.2) is 0 Å². The number of ether oxygens (including phenoxy) is 2. The molecular formula is C22H26N6O3. The molecule has 0 atom stereocenters. The van der Waals surface area contributed by atoms with Gasteiger partial charge in [-0.05, 0) is 43.3 Å². The number of amides is 2. The number of urea groups is 1. The molecule has 0 spiro atoms. The fourth-order valence-corrected chi connectivity index (χ4v) is 2.82. The van der Waals surface area contributed by atoms with Crippen LogP contribution >= 0.6 is 0 Å². The summed E-state index contributed by atoms with van der Waals surface area (Å²) in [7, 11) is 6.96. The Morgan fingerprint density at radius 3 is 2.26 bits per heavy atom. The van der Waals surface area contributed by atoms with Gasteiger partial charge in [-0.15, -0.1) is 0 Å². The van der Waals surface area contributed by atoms with E-state index in [1.165, 1.54) is 7.11 Å². The van der Waals surface area contributed by atoms with Crippen molar-refractivity contribution >= 4 is 34.7 Å². The third kappa shape index (κ3) is 5.75. The van der Waals surface area contributed by atoms with Crippen molar-refractivity contribution in [2.75, 3.05) is 49.2 Å². The van der Waals surface area contributed by atoms with Crippen LogP contribution in [0.2, 0.25) is 0 Å². The number of carbonyl (C=O) groups excluding carboxylic acids is 1. The first-order valence-electron chi connectivity index (χ1n) is 9.58.